The summed E-state index contributed by atoms with van der Waals surface area (Å²) in [6.07, 6.45) is 1.17. The molecular formula is C22H19BrFN3O2S. The van der Waals surface area contributed by atoms with Crippen molar-refractivity contribution in [2.24, 2.45) is 5.92 Å². The first-order valence-corrected chi connectivity index (χ1v) is 11.2. The maximum atomic E-state index is 13.0. The lowest BCUT2D eigenvalue weighted by atomic mass is 9.95. The third-order valence-electron chi connectivity index (χ3n) is 5.12. The highest BCUT2D eigenvalue weighted by atomic mass is 79.9. The Kier molecular flexibility index (Phi) is 6.24. The number of rotatable bonds is 4. The van der Waals surface area contributed by atoms with Crippen molar-refractivity contribution in [3.8, 4) is 11.3 Å². The van der Waals surface area contributed by atoms with E-state index in [9.17, 15) is 14.0 Å². The Bertz CT molecular complexity index is 1050. The fraction of sp³-hybridized carbons (Fsp3) is 0.227. The van der Waals surface area contributed by atoms with Crippen molar-refractivity contribution < 1.29 is 14.0 Å². The summed E-state index contributed by atoms with van der Waals surface area (Å²) in [5.74, 6) is -0.733. The van der Waals surface area contributed by atoms with Crippen molar-refractivity contribution in [2.45, 2.75) is 12.8 Å². The number of piperidine rings is 1. The zero-order valence-corrected chi connectivity index (χ0v) is 18.4. The summed E-state index contributed by atoms with van der Waals surface area (Å²) in [5.41, 5.74) is 2.27. The molecule has 0 radical (unpaired) electrons. The van der Waals surface area contributed by atoms with E-state index < -0.39 is 0 Å². The number of halogens is 2. The molecule has 0 atom stereocenters. The number of anilines is 1. The van der Waals surface area contributed by atoms with Gasteiger partial charge < -0.3 is 10.2 Å². The molecule has 30 heavy (non-hydrogen) atoms. The molecule has 1 fully saturated rings. The van der Waals surface area contributed by atoms with Gasteiger partial charge in [-0.15, -0.1) is 11.3 Å². The number of carbonyl (C=O) groups excluding carboxylic acids is 2. The number of nitrogens with one attached hydrogen (secondary N) is 1. The summed E-state index contributed by atoms with van der Waals surface area (Å²) < 4.78 is 14.0. The zero-order valence-electron chi connectivity index (χ0n) is 16.0. The summed E-state index contributed by atoms with van der Waals surface area (Å²) >= 11 is 4.81. The van der Waals surface area contributed by atoms with Crippen LogP contribution in [0.2, 0.25) is 0 Å². The Balaban J connectivity index is 1.32. The van der Waals surface area contributed by atoms with Crippen LogP contribution >= 0.6 is 27.3 Å². The van der Waals surface area contributed by atoms with E-state index in [1.165, 1.54) is 35.6 Å². The maximum Gasteiger partial charge on any atom is 0.253 e. The number of hydrogen-bond donors (Lipinski definition) is 1. The molecule has 1 aromatic heterocycles. The SMILES string of the molecule is O=C(Nc1nc(-c2ccc(Br)cc2)cs1)C1CCN(C(=O)c2ccc(F)cc2)CC1. The van der Waals surface area contributed by atoms with Crippen molar-refractivity contribution in [3.63, 3.8) is 0 Å². The van der Waals surface area contributed by atoms with Gasteiger partial charge in [-0.05, 0) is 49.2 Å². The van der Waals surface area contributed by atoms with Gasteiger partial charge in [0, 0.05) is 40.0 Å². The average Bonchev–Trinajstić information content (AvgIpc) is 3.23. The van der Waals surface area contributed by atoms with Crippen molar-refractivity contribution in [1.82, 2.24) is 9.88 Å². The highest BCUT2D eigenvalue weighted by Gasteiger charge is 2.28. The van der Waals surface area contributed by atoms with Crippen LogP contribution in [0.3, 0.4) is 0 Å². The second-order valence-electron chi connectivity index (χ2n) is 7.11. The minimum Gasteiger partial charge on any atom is -0.339 e. The van der Waals surface area contributed by atoms with Crippen molar-refractivity contribution in [1.29, 1.82) is 0 Å². The fourth-order valence-electron chi connectivity index (χ4n) is 3.41. The first-order chi connectivity index (χ1) is 14.5. The minimum atomic E-state index is -0.368. The number of amides is 2. The van der Waals surface area contributed by atoms with Gasteiger partial charge in [-0.2, -0.15) is 0 Å². The Morgan fingerprint density at radius 2 is 1.73 bits per heavy atom. The molecule has 5 nitrogen and oxygen atoms in total. The van der Waals surface area contributed by atoms with Crippen LogP contribution in [0.1, 0.15) is 23.2 Å². The van der Waals surface area contributed by atoms with Crippen LogP contribution < -0.4 is 5.32 Å². The Morgan fingerprint density at radius 1 is 1.07 bits per heavy atom. The molecule has 3 aromatic rings. The quantitative estimate of drug-likeness (QED) is 0.549. The molecule has 2 aromatic carbocycles. The van der Waals surface area contributed by atoms with E-state index in [1.807, 2.05) is 29.6 Å². The van der Waals surface area contributed by atoms with Crippen LogP contribution in [0.25, 0.3) is 11.3 Å². The van der Waals surface area contributed by atoms with Gasteiger partial charge >= 0.3 is 0 Å². The van der Waals surface area contributed by atoms with E-state index in [4.69, 9.17) is 0 Å². The standard InChI is InChI=1S/C22H19BrFN3O2S/c23-17-5-1-14(2-6-17)19-13-30-22(25-19)26-20(28)15-9-11-27(12-10-15)21(29)16-3-7-18(24)8-4-16/h1-8,13,15H,9-12H2,(H,25,26,28). The first-order valence-electron chi connectivity index (χ1n) is 9.57. The van der Waals surface area contributed by atoms with E-state index in [0.717, 1.165) is 15.7 Å². The zero-order chi connectivity index (χ0) is 21.1. The lowest BCUT2D eigenvalue weighted by molar-refractivity contribution is -0.121. The van der Waals surface area contributed by atoms with E-state index in [-0.39, 0.29) is 23.5 Å². The molecule has 154 valence electrons. The van der Waals surface area contributed by atoms with Crippen LogP contribution in [0.4, 0.5) is 9.52 Å². The smallest absolute Gasteiger partial charge is 0.253 e. The molecule has 8 heteroatoms. The number of aromatic nitrogens is 1. The molecule has 2 amide bonds. The summed E-state index contributed by atoms with van der Waals surface area (Å²) in [5, 5.41) is 5.40. The monoisotopic (exact) mass is 487 g/mol. The molecular weight excluding hydrogens is 469 g/mol. The summed E-state index contributed by atoms with van der Waals surface area (Å²) in [6, 6.07) is 13.4. The number of nitrogens with zero attached hydrogens (tertiary/aromatic N) is 2. The lowest BCUT2D eigenvalue weighted by Crippen LogP contribution is -2.41. The summed E-state index contributed by atoms with van der Waals surface area (Å²) in [7, 11) is 0. The molecule has 2 heterocycles. The fourth-order valence-corrected chi connectivity index (χ4v) is 4.40. The van der Waals surface area contributed by atoms with Gasteiger partial charge in [0.2, 0.25) is 5.91 Å². The van der Waals surface area contributed by atoms with Crippen LogP contribution in [0.5, 0.6) is 0 Å². The summed E-state index contributed by atoms with van der Waals surface area (Å²) in [6.45, 7) is 0.993. The Labute approximate surface area is 186 Å². The van der Waals surface area contributed by atoms with Gasteiger partial charge in [0.05, 0.1) is 5.69 Å². The van der Waals surface area contributed by atoms with Gasteiger partial charge in [-0.1, -0.05) is 28.1 Å². The van der Waals surface area contributed by atoms with E-state index >= 15 is 0 Å². The number of benzene rings is 2. The van der Waals surface area contributed by atoms with Gasteiger partial charge in [0.1, 0.15) is 5.82 Å². The van der Waals surface area contributed by atoms with E-state index in [2.05, 4.69) is 26.2 Å². The lowest BCUT2D eigenvalue weighted by Gasteiger charge is -2.31. The van der Waals surface area contributed by atoms with E-state index in [0.29, 0.717) is 36.6 Å². The average molecular weight is 488 g/mol. The topological polar surface area (TPSA) is 62.3 Å². The molecule has 0 saturated carbocycles. The Hall–Kier alpha value is -2.58. The molecule has 0 bridgehead atoms. The largest absolute Gasteiger partial charge is 0.339 e. The van der Waals surface area contributed by atoms with E-state index in [1.54, 1.807) is 4.90 Å². The molecule has 1 aliphatic heterocycles. The highest BCUT2D eigenvalue weighted by Crippen LogP contribution is 2.27. The predicted octanol–water partition coefficient (Wildman–Crippen LogP) is 5.20. The molecule has 0 aliphatic carbocycles. The highest BCUT2D eigenvalue weighted by molar-refractivity contribution is 9.10. The minimum absolute atomic E-state index is 0.0689. The van der Waals surface area contributed by atoms with Crippen LogP contribution in [-0.4, -0.2) is 34.8 Å². The van der Waals surface area contributed by atoms with Crippen LogP contribution in [-0.2, 0) is 4.79 Å². The van der Waals surface area contributed by atoms with Gasteiger partial charge in [-0.25, -0.2) is 9.37 Å². The first kappa shape index (κ1) is 20.7. The van der Waals surface area contributed by atoms with Gasteiger partial charge in [-0.3, -0.25) is 9.59 Å². The molecule has 1 aliphatic rings. The van der Waals surface area contributed by atoms with Crippen LogP contribution in [0.15, 0.2) is 58.4 Å². The van der Waals surface area contributed by atoms with Crippen molar-refractivity contribution in [2.75, 3.05) is 18.4 Å². The van der Waals surface area contributed by atoms with Gasteiger partial charge in [0.25, 0.3) is 5.91 Å². The number of thiazole rings is 1. The molecule has 1 saturated heterocycles. The maximum absolute atomic E-state index is 13.0. The molecule has 0 unspecified atom stereocenters. The third kappa shape index (κ3) is 4.76. The second kappa shape index (κ2) is 9.06. The number of likely N-dealkylation sites (tertiary alicyclic amines) is 1. The van der Waals surface area contributed by atoms with Crippen molar-refractivity contribution >= 4 is 44.2 Å². The second-order valence-corrected chi connectivity index (χ2v) is 8.88. The molecule has 4 rings (SSSR count). The van der Waals surface area contributed by atoms with Gasteiger partial charge in [0.15, 0.2) is 5.13 Å². The third-order valence-corrected chi connectivity index (χ3v) is 6.40. The molecule has 1 N–H and O–H groups in total. The predicted molar refractivity (Wildman–Crippen MR) is 119 cm³/mol. The van der Waals surface area contributed by atoms with Crippen LogP contribution in [0, 0.1) is 11.7 Å². The normalized spacial score (nSPS) is 14.5. The summed E-state index contributed by atoms with van der Waals surface area (Å²) in [4.78, 5) is 31.4. The molecule has 0 spiro atoms. The Morgan fingerprint density at radius 3 is 2.40 bits per heavy atom. The number of hydrogen-bond acceptors (Lipinski definition) is 4. The number of carbonyl (C=O) groups is 2. The van der Waals surface area contributed by atoms with Crippen molar-refractivity contribution in [3.05, 3.63) is 69.8 Å².